The number of nitrogens with one attached hydrogen (secondary N) is 1. The fourth-order valence-corrected chi connectivity index (χ4v) is 3.32. The summed E-state index contributed by atoms with van der Waals surface area (Å²) in [6.45, 7) is 3.03. The molecule has 5 nitrogen and oxygen atoms in total. The van der Waals surface area contributed by atoms with Gasteiger partial charge in [-0.2, -0.15) is 12.7 Å². The van der Waals surface area contributed by atoms with Gasteiger partial charge < -0.3 is 5.11 Å². The highest BCUT2D eigenvalue weighted by Gasteiger charge is 2.23. The molecule has 0 bridgehead atoms. The van der Waals surface area contributed by atoms with Crippen molar-refractivity contribution >= 4 is 10.2 Å². The first-order valence-electron chi connectivity index (χ1n) is 6.84. The second-order valence-corrected chi connectivity index (χ2v) is 7.08. The fourth-order valence-electron chi connectivity index (χ4n) is 2.28. The van der Waals surface area contributed by atoms with Crippen LogP contribution in [-0.4, -0.2) is 44.1 Å². The minimum absolute atomic E-state index is 0.258. The van der Waals surface area contributed by atoms with Crippen molar-refractivity contribution in [1.29, 1.82) is 0 Å². The van der Waals surface area contributed by atoms with Gasteiger partial charge in [-0.25, -0.2) is 4.72 Å². The van der Waals surface area contributed by atoms with Crippen molar-refractivity contribution in [3.8, 4) is 0 Å². The Labute approximate surface area is 111 Å². The van der Waals surface area contributed by atoms with Crippen LogP contribution in [0.4, 0.5) is 0 Å². The predicted molar refractivity (Wildman–Crippen MR) is 72.4 cm³/mol. The molecule has 0 heterocycles. The van der Waals surface area contributed by atoms with Crippen LogP contribution in [0.1, 0.15) is 45.4 Å². The molecule has 2 unspecified atom stereocenters. The van der Waals surface area contributed by atoms with Crippen molar-refractivity contribution in [2.45, 2.75) is 51.6 Å². The van der Waals surface area contributed by atoms with Crippen LogP contribution in [0.3, 0.4) is 0 Å². The van der Waals surface area contributed by atoms with Crippen molar-refractivity contribution in [3.63, 3.8) is 0 Å². The molecule has 2 atom stereocenters. The van der Waals surface area contributed by atoms with Crippen LogP contribution in [0, 0.1) is 5.92 Å². The largest absolute Gasteiger partial charge is 0.393 e. The molecule has 0 aromatic rings. The number of nitrogens with zero attached hydrogens (tertiary/aromatic N) is 1. The molecule has 1 aliphatic rings. The van der Waals surface area contributed by atoms with Crippen molar-refractivity contribution in [1.82, 2.24) is 9.03 Å². The molecule has 0 aromatic carbocycles. The van der Waals surface area contributed by atoms with Gasteiger partial charge in [0.2, 0.25) is 0 Å². The first kappa shape index (κ1) is 15.9. The lowest BCUT2D eigenvalue weighted by Gasteiger charge is -2.26. The summed E-state index contributed by atoms with van der Waals surface area (Å²) in [6.07, 6.45) is 5.14. The number of hydrogen-bond donors (Lipinski definition) is 2. The quantitative estimate of drug-likeness (QED) is 0.733. The third-order valence-electron chi connectivity index (χ3n) is 3.55. The van der Waals surface area contributed by atoms with Gasteiger partial charge in [-0.3, -0.25) is 0 Å². The minimum Gasteiger partial charge on any atom is -0.393 e. The summed E-state index contributed by atoms with van der Waals surface area (Å²) < 4.78 is 27.8. The molecule has 0 aromatic heterocycles. The number of rotatable bonds is 7. The molecule has 1 saturated carbocycles. The summed E-state index contributed by atoms with van der Waals surface area (Å²) >= 11 is 0. The maximum absolute atomic E-state index is 11.9. The van der Waals surface area contributed by atoms with Gasteiger partial charge >= 0.3 is 0 Å². The van der Waals surface area contributed by atoms with Crippen molar-refractivity contribution in [3.05, 3.63) is 0 Å². The third-order valence-corrected chi connectivity index (χ3v) is 5.08. The van der Waals surface area contributed by atoms with Gasteiger partial charge in [0.25, 0.3) is 10.2 Å². The van der Waals surface area contributed by atoms with E-state index in [1.165, 1.54) is 4.31 Å². The van der Waals surface area contributed by atoms with Gasteiger partial charge in [0.05, 0.1) is 6.10 Å². The van der Waals surface area contributed by atoms with Crippen molar-refractivity contribution in [2.24, 2.45) is 5.92 Å². The normalized spacial score (nSPS) is 25.6. The second kappa shape index (κ2) is 7.43. The molecule has 108 valence electrons. The van der Waals surface area contributed by atoms with Crippen LogP contribution in [-0.2, 0) is 10.2 Å². The molecule has 6 heteroatoms. The fraction of sp³-hybridized carbons (Fsp3) is 1.00. The molecule has 0 aliphatic heterocycles. The lowest BCUT2D eigenvalue weighted by Crippen LogP contribution is -2.41. The van der Waals surface area contributed by atoms with E-state index < -0.39 is 10.2 Å². The smallest absolute Gasteiger partial charge is 0.279 e. The molecular formula is C12H26N2O3S. The van der Waals surface area contributed by atoms with E-state index in [2.05, 4.69) is 4.72 Å². The SMILES string of the molecule is CCCCN(C)S(=O)(=O)NCC1CCCC(O)C1. The monoisotopic (exact) mass is 278 g/mol. The van der Waals surface area contributed by atoms with E-state index in [-0.39, 0.29) is 12.0 Å². The van der Waals surface area contributed by atoms with Gasteiger partial charge in [0.1, 0.15) is 0 Å². The Balaban J connectivity index is 2.36. The molecule has 0 radical (unpaired) electrons. The number of aliphatic hydroxyl groups excluding tert-OH is 1. The van der Waals surface area contributed by atoms with E-state index in [9.17, 15) is 13.5 Å². The molecule has 1 fully saturated rings. The summed E-state index contributed by atoms with van der Waals surface area (Å²) in [5.41, 5.74) is 0. The van der Waals surface area contributed by atoms with Gasteiger partial charge in [0.15, 0.2) is 0 Å². The third kappa shape index (κ3) is 5.22. The van der Waals surface area contributed by atoms with Gasteiger partial charge in [-0.1, -0.05) is 19.8 Å². The van der Waals surface area contributed by atoms with Crippen LogP contribution in [0.15, 0.2) is 0 Å². The van der Waals surface area contributed by atoms with Gasteiger partial charge in [0, 0.05) is 20.1 Å². The summed E-state index contributed by atoms with van der Waals surface area (Å²) in [5, 5.41) is 9.55. The lowest BCUT2D eigenvalue weighted by molar-refractivity contribution is 0.102. The maximum atomic E-state index is 11.9. The average Bonchev–Trinajstić information content (AvgIpc) is 2.33. The van der Waals surface area contributed by atoms with Crippen molar-refractivity contribution < 1.29 is 13.5 Å². The van der Waals surface area contributed by atoms with E-state index in [1.54, 1.807) is 7.05 Å². The van der Waals surface area contributed by atoms with Gasteiger partial charge in [-0.05, 0) is 31.6 Å². The molecule has 0 amide bonds. The van der Waals surface area contributed by atoms with E-state index in [1.807, 2.05) is 6.92 Å². The highest BCUT2D eigenvalue weighted by Crippen LogP contribution is 2.23. The van der Waals surface area contributed by atoms with Crippen LogP contribution < -0.4 is 4.72 Å². The molecule has 18 heavy (non-hydrogen) atoms. The Kier molecular flexibility index (Phi) is 6.55. The van der Waals surface area contributed by atoms with E-state index in [4.69, 9.17) is 0 Å². The topological polar surface area (TPSA) is 69.6 Å². The maximum Gasteiger partial charge on any atom is 0.279 e. The second-order valence-electron chi connectivity index (χ2n) is 5.22. The summed E-state index contributed by atoms with van der Waals surface area (Å²) in [4.78, 5) is 0. The predicted octanol–water partition coefficient (Wildman–Crippen LogP) is 1.10. The number of aliphatic hydroxyl groups is 1. The van der Waals surface area contributed by atoms with Gasteiger partial charge in [-0.15, -0.1) is 0 Å². The molecule has 2 N–H and O–H groups in total. The zero-order chi connectivity index (χ0) is 13.6. The lowest BCUT2D eigenvalue weighted by atomic mass is 9.87. The Morgan fingerprint density at radius 1 is 1.39 bits per heavy atom. The highest BCUT2D eigenvalue weighted by molar-refractivity contribution is 7.87. The molecular weight excluding hydrogens is 252 g/mol. The van der Waals surface area contributed by atoms with Crippen LogP contribution in [0.5, 0.6) is 0 Å². The van der Waals surface area contributed by atoms with Crippen LogP contribution in [0.2, 0.25) is 0 Å². The first-order chi connectivity index (χ1) is 8.45. The standard InChI is InChI=1S/C12H26N2O3S/c1-3-4-8-14(2)18(16,17)13-10-11-6-5-7-12(15)9-11/h11-13,15H,3-10H2,1-2H3. The summed E-state index contributed by atoms with van der Waals surface area (Å²) in [6, 6.07) is 0. The summed E-state index contributed by atoms with van der Waals surface area (Å²) in [5.74, 6) is 0.267. The van der Waals surface area contributed by atoms with Crippen molar-refractivity contribution in [2.75, 3.05) is 20.1 Å². The molecule has 1 aliphatic carbocycles. The minimum atomic E-state index is -3.35. The average molecular weight is 278 g/mol. The highest BCUT2D eigenvalue weighted by atomic mass is 32.2. The number of unbranched alkanes of at least 4 members (excludes halogenated alkanes) is 1. The van der Waals surface area contributed by atoms with Crippen LogP contribution in [0.25, 0.3) is 0 Å². The Hall–Kier alpha value is -0.170. The zero-order valence-electron chi connectivity index (χ0n) is 11.4. The van der Waals surface area contributed by atoms with Crippen LogP contribution >= 0.6 is 0 Å². The Morgan fingerprint density at radius 2 is 2.11 bits per heavy atom. The zero-order valence-corrected chi connectivity index (χ0v) is 12.2. The molecule has 0 saturated heterocycles. The number of hydrogen-bond acceptors (Lipinski definition) is 3. The molecule has 1 rings (SSSR count). The van der Waals surface area contributed by atoms with E-state index in [0.29, 0.717) is 19.5 Å². The van der Waals surface area contributed by atoms with E-state index in [0.717, 1.165) is 32.1 Å². The van der Waals surface area contributed by atoms with E-state index >= 15 is 0 Å². The Morgan fingerprint density at radius 3 is 2.72 bits per heavy atom. The Bertz CT molecular complexity index is 332. The first-order valence-corrected chi connectivity index (χ1v) is 8.28. The summed E-state index contributed by atoms with van der Waals surface area (Å²) in [7, 11) is -1.74. The molecule has 0 spiro atoms.